The minimum Gasteiger partial charge on any atom is -0.497 e. The first-order valence-corrected chi connectivity index (χ1v) is 9.52. The van der Waals surface area contributed by atoms with Crippen molar-refractivity contribution in [2.45, 2.75) is 19.3 Å². The fourth-order valence-corrected chi connectivity index (χ4v) is 3.59. The van der Waals surface area contributed by atoms with Gasteiger partial charge in [0.15, 0.2) is 0 Å². The largest absolute Gasteiger partial charge is 0.497 e. The summed E-state index contributed by atoms with van der Waals surface area (Å²) in [5, 5.41) is 0. The smallest absolute Gasteiger partial charge is 0.223 e. The number of methoxy groups -OCH3 is 2. The van der Waals surface area contributed by atoms with Gasteiger partial charge in [-0.3, -0.25) is 4.79 Å². The summed E-state index contributed by atoms with van der Waals surface area (Å²) in [5.74, 6) is 1.42. The van der Waals surface area contributed by atoms with Crippen LogP contribution in [0.2, 0.25) is 0 Å². The molecular weight excluding hydrogens is 359 g/mol. The highest BCUT2D eigenvalue weighted by Gasteiger charge is 2.24. The first kappa shape index (κ1) is 20.0. The van der Waals surface area contributed by atoms with Crippen LogP contribution in [0.25, 0.3) is 0 Å². The lowest BCUT2D eigenvalue weighted by Crippen LogP contribution is -2.49. The molecule has 0 spiro atoms. The quantitative estimate of drug-likeness (QED) is 0.759. The van der Waals surface area contributed by atoms with Gasteiger partial charge in [0.25, 0.3) is 0 Å². The van der Waals surface area contributed by atoms with Crippen LogP contribution < -0.4 is 14.4 Å². The number of hydrogen-bond acceptors (Lipinski definition) is 4. The number of ether oxygens (including phenoxy) is 2. The Hall–Kier alpha value is -2.76. The zero-order valence-corrected chi connectivity index (χ0v) is 16.7. The van der Waals surface area contributed by atoms with E-state index in [1.165, 1.54) is 12.1 Å². The Morgan fingerprint density at radius 1 is 1.04 bits per heavy atom. The monoisotopic (exact) mass is 386 g/mol. The van der Waals surface area contributed by atoms with Crippen molar-refractivity contribution in [2.75, 3.05) is 45.3 Å². The topological polar surface area (TPSA) is 42.0 Å². The van der Waals surface area contributed by atoms with E-state index in [1.54, 1.807) is 26.4 Å². The van der Waals surface area contributed by atoms with E-state index in [9.17, 15) is 9.18 Å². The van der Waals surface area contributed by atoms with Gasteiger partial charge in [-0.25, -0.2) is 4.39 Å². The molecule has 0 radical (unpaired) electrons. The fourth-order valence-electron chi connectivity index (χ4n) is 3.59. The van der Waals surface area contributed by atoms with Gasteiger partial charge in [0, 0.05) is 44.4 Å². The molecule has 1 aliphatic rings. The third-order valence-corrected chi connectivity index (χ3v) is 5.28. The normalized spacial score (nSPS) is 15.3. The minimum atomic E-state index is -0.236. The summed E-state index contributed by atoms with van der Waals surface area (Å²) in [7, 11) is 3.24. The first-order chi connectivity index (χ1) is 13.5. The van der Waals surface area contributed by atoms with Gasteiger partial charge in [0.05, 0.1) is 14.2 Å². The standard InChI is InChI=1S/C22H27FN2O3/c1-16(20-9-8-19(27-2)15-21(20)28-3)14-22(26)25-12-10-24(11-13-25)18-6-4-17(23)5-7-18/h4-9,15-16H,10-14H2,1-3H3. The molecule has 0 aromatic heterocycles. The van der Waals surface area contributed by atoms with Crippen molar-refractivity contribution >= 4 is 11.6 Å². The van der Waals surface area contributed by atoms with E-state index in [0.717, 1.165) is 35.8 Å². The van der Waals surface area contributed by atoms with Gasteiger partial charge in [-0.2, -0.15) is 0 Å². The van der Waals surface area contributed by atoms with E-state index in [2.05, 4.69) is 4.90 Å². The molecule has 2 aromatic carbocycles. The van der Waals surface area contributed by atoms with Crippen LogP contribution >= 0.6 is 0 Å². The molecule has 5 nitrogen and oxygen atoms in total. The van der Waals surface area contributed by atoms with Crippen molar-refractivity contribution in [3.05, 3.63) is 53.8 Å². The van der Waals surface area contributed by atoms with Gasteiger partial charge in [-0.05, 0) is 41.8 Å². The number of piperazine rings is 1. The average Bonchev–Trinajstić information content (AvgIpc) is 2.73. The molecule has 0 aliphatic carbocycles. The van der Waals surface area contributed by atoms with E-state index < -0.39 is 0 Å². The van der Waals surface area contributed by atoms with Crippen molar-refractivity contribution in [3.8, 4) is 11.5 Å². The number of hydrogen-bond donors (Lipinski definition) is 0. The number of benzene rings is 2. The van der Waals surface area contributed by atoms with Crippen molar-refractivity contribution in [1.82, 2.24) is 4.90 Å². The number of carbonyl (C=O) groups excluding carboxylic acids is 1. The van der Waals surface area contributed by atoms with Crippen LogP contribution in [-0.4, -0.2) is 51.2 Å². The highest BCUT2D eigenvalue weighted by molar-refractivity contribution is 5.77. The Bertz CT molecular complexity index is 802. The molecule has 1 saturated heterocycles. The van der Waals surface area contributed by atoms with Gasteiger partial charge in [-0.15, -0.1) is 0 Å². The Labute approximate surface area is 165 Å². The van der Waals surface area contributed by atoms with Gasteiger partial charge in [-0.1, -0.05) is 13.0 Å². The molecular formula is C22H27FN2O3. The second-order valence-electron chi connectivity index (χ2n) is 7.06. The zero-order chi connectivity index (χ0) is 20.1. The lowest BCUT2D eigenvalue weighted by Gasteiger charge is -2.36. The lowest BCUT2D eigenvalue weighted by atomic mass is 9.95. The van der Waals surface area contributed by atoms with Gasteiger partial charge in [0.2, 0.25) is 5.91 Å². The van der Waals surface area contributed by atoms with Crippen molar-refractivity contribution in [2.24, 2.45) is 0 Å². The Morgan fingerprint density at radius 3 is 2.32 bits per heavy atom. The number of carbonyl (C=O) groups is 1. The molecule has 1 heterocycles. The minimum absolute atomic E-state index is 0.0449. The van der Waals surface area contributed by atoms with Crippen molar-refractivity contribution in [1.29, 1.82) is 0 Å². The fraction of sp³-hybridized carbons (Fsp3) is 0.409. The van der Waals surface area contributed by atoms with E-state index in [0.29, 0.717) is 19.5 Å². The average molecular weight is 386 g/mol. The molecule has 28 heavy (non-hydrogen) atoms. The maximum Gasteiger partial charge on any atom is 0.223 e. The molecule has 150 valence electrons. The van der Waals surface area contributed by atoms with Crippen LogP contribution in [0.3, 0.4) is 0 Å². The highest BCUT2D eigenvalue weighted by Crippen LogP contribution is 2.32. The van der Waals surface area contributed by atoms with Crippen LogP contribution in [0, 0.1) is 5.82 Å². The second-order valence-corrected chi connectivity index (χ2v) is 7.06. The molecule has 3 rings (SSSR count). The third-order valence-electron chi connectivity index (χ3n) is 5.28. The number of anilines is 1. The van der Waals surface area contributed by atoms with Gasteiger partial charge < -0.3 is 19.3 Å². The van der Waals surface area contributed by atoms with E-state index >= 15 is 0 Å². The summed E-state index contributed by atoms with van der Waals surface area (Å²) in [6.07, 6.45) is 0.430. The van der Waals surface area contributed by atoms with Crippen molar-refractivity contribution < 1.29 is 18.7 Å². The summed E-state index contributed by atoms with van der Waals surface area (Å²) < 4.78 is 23.8. The summed E-state index contributed by atoms with van der Waals surface area (Å²) in [4.78, 5) is 16.9. The molecule has 1 amide bonds. The van der Waals surface area contributed by atoms with E-state index in [4.69, 9.17) is 9.47 Å². The summed E-state index contributed by atoms with van der Waals surface area (Å²) in [6, 6.07) is 12.2. The molecule has 0 bridgehead atoms. The molecule has 2 aromatic rings. The van der Waals surface area contributed by atoms with E-state index in [-0.39, 0.29) is 17.6 Å². The molecule has 1 fully saturated rings. The van der Waals surface area contributed by atoms with E-state index in [1.807, 2.05) is 30.0 Å². The van der Waals surface area contributed by atoms with Gasteiger partial charge >= 0.3 is 0 Å². The van der Waals surface area contributed by atoms with Crippen LogP contribution in [0.5, 0.6) is 11.5 Å². The molecule has 0 saturated carbocycles. The first-order valence-electron chi connectivity index (χ1n) is 9.52. The van der Waals surface area contributed by atoms with Crippen LogP contribution in [0.4, 0.5) is 10.1 Å². The molecule has 6 heteroatoms. The second kappa shape index (κ2) is 8.95. The molecule has 1 aliphatic heterocycles. The summed E-state index contributed by atoms with van der Waals surface area (Å²) in [6.45, 7) is 4.87. The highest BCUT2D eigenvalue weighted by atomic mass is 19.1. The SMILES string of the molecule is COc1ccc(C(C)CC(=O)N2CCN(c3ccc(F)cc3)CC2)c(OC)c1. The van der Waals surface area contributed by atoms with Crippen LogP contribution in [-0.2, 0) is 4.79 Å². The third kappa shape index (κ3) is 4.55. The zero-order valence-electron chi connectivity index (χ0n) is 16.7. The van der Waals surface area contributed by atoms with Crippen LogP contribution in [0.15, 0.2) is 42.5 Å². The maximum absolute atomic E-state index is 13.1. The maximum atomic E-state index is 13.1. The molecule has 1 unspecified atom stereocenters. The predicted molar refractivity (Wildman–Crippen MR) is 108 cm³/mol. The number of halogens is 1. The number of nitrogens with zero attached hydrogens (tertiary/aromatic N) is 2. The molecule has 0 N–H and O–H groups in total. The predicted octanol–water partition coefficient (Wildman–Crippen LogP) is 3.69. The Kier molecular flexibility index (Phi) is 6.39. The number of amides is 1. The summed E-state index contributed by atoms with van der Waals surface area (Å²) in [5.41, 5.74) is 1.99. The lowest BCUT2D eigenvalue weighted by molar-refractivity contribution is -0.131. The van der Waals surface area contributed by atoms with Crippen molar-refractivity contribution in [3.63, 3.8) is 0 Å². The Balaban J connectivity index is 1.57. The number of rotatable bonds is 6. The molecule has 1 atom stereocenters. The Morgan fingerprint density at radius 2 is 1.71 bits per heavy atom. The summed E-state index contributed by atoms with van der Waals surface area (Å²) >= 11 is 0. The van der Waals surface area contributed by atoms with Crippen LogP contribution in [0.1, 0.15) is 24.8 Å². The van der Waals surface area contributed by atoms with Gasteiger partial charge in [0.1, 0.15) is 17.3 Å².